The number of morpholine rings is 1. The summed E-state index contributed by atoms with van der Waals surface area (Å²) in [5, 5.41) is 8.85. The lowest BCUT2D eigenvalue weighted by molar-refractivity contribution is -0.133. The molecule has 90 valence electrons. The molecule has 0 aromatic carbocycles. The molecule has 0 radical (unpaired) electrons. The van der Waals surface area contributed by atoms with Crippen molar-refractivity contribution in [2.75, 3.05) is 19.7 Å². The first-order valence-electron chi connectivity index (χ1n) is 5.95. The Morgan fingerprint density at radius 3 is 2.94 bits per heavy atom. The van der Waals surface area contributed by atoms with Crippen molar-refractivity contribution in [3.8, 4) is 0 Å². The summed E-state index contributed by atoms with van der Waals surface area (Å²) in [6.07, 6.45) is 5.00. The van der Waals surface area contributed by atoms with Crippen LogP contribution >= 0.6 is 0 Å². The van der Waals surface area contributed by atoms with Crippen LogP contribution in [0.2, 0.25) is 0 Å². The first-order valence-corrected chi connectivity index (χ1v) is 5.95. The number of aliphatic carboxylic acids is 1. The third kappa shape index (κ3) is 2.44. The van der Waals surface area contributed by atoms with E-state index in [2.05, 4.69) is 11.5 Å². The molecule has 0 spiro atoms. The van der Waals surface area contributed by atoms with Gasteiger partial charge in [-0.3, -0.25) is 4.90 Å². The van der Waals surface area contributed by atoms with Crippen molar-refractivity contribution in [1.29, 1.82) is 0 Å². The van der Waals surface area contributed by atoms with E-state index in [1.807, 2.05) is 0 Å². The number of hydrogen-bond acceptors (Lipinski definition) is 3. The second-order valence-electron chi connectivity index (χ2n) is 4.64. The summed E-state index contributed by atoms with van der Waals surface area (Å²) >= 11 is 0. The number of nitrogens with zero attached hydrogens (tertiary/aromatic N) is 1. The minimum atomic E-state index is -0.890. The third-order valence-corrected chi connectivity index (χ3v) is 3.54. The number of fused-ring (bicyclic) bond motifs is 1. The van der Waals surface area contributed by atoms with Gasteiger partial charge in [0.15, 0.2) is 0 Å². The third-order valence-electron chi connectivity index (χ3n) is 3.54. The molecule has 2 aliphatic rings. The Bertz CT molecular complexity index is 288. The predicted octanol–water partition coefficient (Wildman–Crippen LogP) is 1.27. The Balaban J connectivity index is 1.97. The summed E-state index contributed by atoms with van der Waals surface area (Å²) in [6.45, 7) is 5.62. The van der Waals surface area contributed by atoms with Crippen LogP contribution in [0.4, 0.5) is 0 Å². The molecule has 2 rings (SSSR count). The van der Waals surface area contributed by atoms with Gasteiger partial charge in [0.2, 0.25) is 0 Å². The van der Waals surface area contributed by atoms with Gasteiger partial charge in [0, 0.05) is 24.7 Å². The Kier molecular flexibility index (Phi) is 3.61. The monoisotopic (exact) mass is 225 g/mol. The zero-order valence-corrected chi connectivity index (χ0v) is 9.52. The van der Waals surface area contributed by atoms with Crippen molar-refractivity contribution in [1.82, 2.24) is 4.90 Å². The van der Waals surface area contributed by atoms with Crippen LogP contribution in [0.5, 0.6) is 0 Å². The van der Waals surface area contributed by atoms with Crippen molar-refractivity contribution < 1.29 is 14.6 Å². The molecular weight excluding hydrogens is 206 g/mol. The zero-order valence-electron chi connectivity index (χ0n) is 9.52. The first kappa shape index (κ1) is 11.6. The van der Waals surface area contributed by atoms with Crippen molar-refractivity contribution in [3.63, 3.8) is 0 Å². The number of hydrogen-bond donors (Lipinski definition) is 1. The van der Waals surface area contributed by atoms with E-state index in [-0.39, 0.29) is 5.57 Å². The Morgan fingerprint density at radius 2 is 2.19 bits per heavy atom. The smallest absolute Gasteiger partial charge is 0.332 e. The molecule has 1 aliphatic carbocycles. The fraction of sp³-hybridized carbons (Fsp3) is 0.750. The maximum Gasteiger partial charge on any atom is 0.332 e. The fourth-order valence-corrected chi connectivity index (χ4v) is 2.69. The van der Waals surface area contributed by atoms with Gasteiger partial charge < -0.3 is 9.84 Å². The maximum atomic E-state index is 10.8. The van der Waals surface area contributed by atoms with Crippen LogP contribution < -0.4 is 0 Å². The molecule has 1 saturated heterocycles. The molecule has 2 fully saturated rings. The highest BCUT2D eigenvalue weighted by Crippen LogP contribution is 2.28. The van der Waals surface area contributed by atoms with Gasteiger partial charge in [0.1, 0.15) is 0 Å². The summed E-state index contributed by atoms with van der Waals surface area (Å²) in [4.78, 5) is 13.0. The van der Waals surface area contributed by atoms with Gasteiger partial charge in [-0.25, -0.2) is 4.79 Å². The molecule has 4 heteroatoms. The molecule has 0 bridgehead atoms. The summed E-state index contributed by atoms with van der Waals surface area (Å²) in [7, 11) is 0. The second-order valence-corrected chi connectivity index (χ2v) is 4.64. The van der Waals surface area contributed by atoms with Gasteiger partial charge in [0.25, 0.3) is 0 Å². The van der Waals surface area contributed by atoms with Gasteiger partial charge in [-0.15, -0.1) is 0 Å². The van der Waals surface area contributed by atoms with Crippen molar-refractivity contribution in [3.05, 3.63) is 12.2 Å². The van der Waals surface area contributed by atoms with E-state index < -0.39 is 5.97 Å². The van der Waals surface area contributed by atoms with Gasteiger partial charge in [-0.1, -0.05) is 19.4 Å². The van der Waals surface area contributed by atoms with Crippen LogP contribution in [-0.4, -0.2) is 47.8 Å². The standard InChI is InChI=1S/C12H19NO3/c1-9(12(14)15)8-13-6-7-16-11-5-3-2-4-10(11)13/h10-11H,1-8H2,(H,14,15). The SMILES string of the molecule is C=C(CN1CCOC2CCCCC21)C(=O)O. The summed E-state index contributed by atoms with van der Waals surface area (Å²) in [6, 6.07) is 0.401. The first-order chi connectivity index (χ1) is 7.68. The molecule has 1 aliphatic heterocycles. The summed E-state index contributed by atoms with van der Waals surface area (Å²) in [5.74, 6) is -0.890. The minimum absolute atomic E-state index is 0.284. The van der Waals surface area contributed by atoms with Gasteiger partial charge in [0.05, 0.1) is 12.7 Å². The van der Waals surface area contributed by atoms with E-state index in [1.165, 1.54) is 12.8 Å². The van der Waals surface area contributed by atoms with Crippen molar-refractivity contribution in [2.24, 2.45) is 0 Å². The molecular formula is C12H19NO3. The highest BCUT2D eigenvalue weighted by Gasteiger charge is 2.34. The molecule has 1 N–H and O–H groups in total. The average molecular weight is 225 g/mol. The van der Waals surface area contributed by atoms with Crippen LogP contribution in [0.3, 0.4) is 0 Å². The molecule has 1 heterocycles. The fourth-order valence-electron chi connectivity index (χ4n) is 2.69. The molecule has 1 saturated carbocycles. The molecule has 0 aromatic heterocycles. The van der Waals surface area contributed by atoms with E-state index >= 15 is 0 Å². The zero-order chi connectivity index (χ0) is 11.5. The van der Waals surface area contributed by atoms with E-state index in [9.17, 15) is 4.79 Å². The number of carboxylic acid groups (broad SMARTS) is 1. The number of rotatable bonds is 3. The van der Waals surface area contributed by atoms with Gasteiger partial charge >= 0.3 is 5.97 Å². The molecule has 16 heavy (non-hydrogen) atoms. The lowest BCUT2D eigenvalue weighted by atomic mass is 9.90. The number of carboxylic acids is 1. The Hall–Kier alpha value is -0.870. The summed E-state index contributed by atoms with van der Waals surface area (Å²) in [5.41, 5.74) is 0.284. The Labute approximate surface area is 95.9 Å². The van der Waals surface area contributed by atoms with Crippen LogP contribution in [0, 0.1) is 0 Å². The summed E-state index contributed by atoms with van der Waals surface area (Å²) < 4.78 is 5.74. The average Bonchev–Trinajstić information content (AvgIpc) is 2.29. The molecule has 2 unspecified atom stereocenters. The largest absolute Gasteiger partial charge is 0.478 e. The topological polar surface area (TPSA) is 49.8 Å². The predicted molar refractivity (Wildman–Crippen MR) is 60.3 cm³/mol. The molecule has 2 atom stereocenters. The van der Waals surface area contributed by atoms with Gasteiger partial charge in [-0.2, -0.15) is 0 Å². The Morgan fingerprint density at radius 1 is 1.44 bits per heavy atom. The van der Waals surface area contributed by atoms with Crippen LogP contribution in [-0.2, 0) is 9.53 Å². The van der Waals surface area contributed by atoms with Crippen LogP contribution in [0.15, 0.2) is 12.2 Å². The lowest BCUT2D eigenvalue weighted by Crippen LogP contribution is -2.53. The normalized spacial score (nSPS) is 30.8. The number of carbonyl (C=O) groups is 1. The van der Waals surface area contributed by atoms with Crippen molar-refractivity contribution >= 4 is 5.97 Å². The van der Waals surface area contributed by atoms with E-state index in [4.69, 9.17) is 9.84 Å². The van der Waals surface area contributed by atoms with Crippen LogP contribution in [0.25, 0.3) is 0 Å². The molecule has 0 amide bonds. The van der Waals surface area contributed by atoms with E-state index in [1.54, 1.807) is 0 Å². The van der Waals surface area contributed by atoms with E-state index in [0.29, 0.717) is 25.3 Å². The quantitative estimate of drug-likeness (QED) is 0.735. The second kappa shape index (κ2) is 4.97. The number of ether oxygens (including phenoxy) is 1. The van der Waals surface area contributed by atoms with Crippen LogP contribution in [0.1, 0.15) is 25.7 Å². The maximum absolute atomic E-state index is 10.8. The van der Waals surface area contributed by atoms with Gasteiger partial charge in [-0.05, 0) is 12.8 Å². The lowest BCUT2D eigenvalue weighted by Gasteiger charge is -2.43. The molecule has 0 aromatic rings. The van der Waals surface area contributed by atoms with Crippen molar-refractivity contribution in [2.45, 2.75) is 37.8 Å². The van der Waals surface area contributed by atoms with E-state index in [0.717, 1.165) is 19.4 Å². The minimum Gasteiger partial charge on any atom is -0.478 e. The highest BCUT2D eigenvalue weighted by atomic mass is 16.5. The highest BCUT2D eigenvalue weighted by molar-refractivity contribution is 5.86. The molecule has 4 nitrogen and oxygen atoms in total.